The second kappa shape index (κ2) is 6.15. The smallest absolute Gasteiger partial charge is 0.134 e. The minimum atomic E-state index is 0.0613. The average Bonchev–Trinajstić information content (AvgIpc) is 2.86. The molecule has 0 aliphatic heterocycles. The van der Waals surface area contributed by atoms with Gasteiger partial charge in [-0.05, 0) is 63.0 Å². The van der Waals surface area contributed by atoms with Crippen LogP contribution in [0.5, 0.6) is 0 Å². The molecule has 3 aromatic rings. The van der Waals surface area contributed by atoms with E-state index in [9.17, 15) is 0 Å². The summed E-state index contributed by atoms with van der Waals surface area (Å²) in [5, 5.41) is 4.60. The molecule has 0 amide bonds. The van der Waals surface area contributed by atoms with Crippen LogP contribution in [0.3, 0.4) is 0 Å². The van der Waals surface area contributed by atoms with Crippen molar-refractivity contribution in [3.05, 3.63) is 61.6 Å². The van der Waals surface area contributed by atoms with Crippen LogP contribution in [0, 0.1) is 0 Å². The van der Waals surface area contributed by atoms with Crippen molar-refractivity contribution in [1.29, 1.82) is 0 Å². The van der Waals surface area contributed by atoms with Gasteiger partial charge < -0.3 is 9.73 Å². The third kappa shape index (κ3) is 3.20. The summed E-state index contributed by atoms with van der Waals surface area (Å²) >= 11 is 10.6. The molecule has 21 heavy (non-hydrogen) atoms. The van der Waals surface area contributed by atoms with Gasteiger partial charge in [0.15, 0.2) is 0 Å². The largest absolute Gasteiger partial charge is 0.459 e. The molecule has 0 aliphatic carbocycles. The molecule has 3 rings (SSSR count). The summed E-state index contributed by atoms with van der Waals surface area (Å²) in [5.41, 5.74) is 1.92. The van der Waals surface area contributed by atoms with Crippen LogP contribution in [0.15, 0.2) is 60.3 Å². The third-order valence-electron chi connectivity index (χ3n) is 3.24. The molecule has 2 nitrogen and oxygen atoms in total. The van der Waals surface area contributed by atoms with E-state index in [0.717, 1.165) is 35.8 Å². The number of hydrogen-bond acceptors (Lipinski definition) is 2. The highest BCUT2D eigenvalue weighted by molar-refractivity contribution is 9.11. The number of furan rings is 1. The van der Waals surface area contributed by atoms with Crippen LogP contribution in [0.1, 0.15) is 18.7 Å². The number of halogens is 3. The normalized spacial score (nSPS) is 12.6. The Bertz CT molecular complexity index is 741. The maximum atomic E-state index is 5.90. The SMILES string of the molecule is CC(Nc1c(Br)cc(Br)cc1Br)c1cc2ccccc2o1. The van der Waals surface area contributed by atoms with Crippen molar-refractivity contribution in [2.75, 3.05) is 5.32 Å². The van der Waals surface area contributed by atoms with Crippen LogP contribution >= 0.6 is 47.8 Å². The highest BCUT2D eigenvalue weighted by Crippen LogP contribution is 2.37. The molecule has 0 fully saturated rings. The first-order valence-electron chi connectivity index (χ1n) is 6.44. The lowest BCUT2D eigenvalue weighted by Gasteiger charge is -2.16. The van der Waals surface area contributed by atoms with E-state index < -0.39 is 0 Å². The van der Waals surface area contributed by atoms with Crippen LogP contribution in [0.2, 0.25) is 0 Å². The Balaban J connectivity index is 1.91. The van der Waals surface area contributed by atoms with Gasteiger partial charge in [0.05, 0.1) is 11.7 Å². The van der Waals surface area contributed by atoms with Gasteiger partial charge in [-0.3, -0.25) is 0 Å². The number of nitrogens with one attached hydrogen (secondary N) is 1. The highest BCUT2D eigenvalue weighted by atomic mass is 79.9. The maximum absolute atomic E-state index is 5.90. The molecule has 0 saturated heterocycles. The van der Waals surface area contributed by atoms with Crippen molar-refractivity contribution in [2.45, 2.75) is 13.0 Å². The Hall–Kier alpha value is -0.780. The fourth-order valence-corrected chi connectivity index (χ4v) is 4.67. The zero-order valence-corrected chi connectivity index (χ0v) is 15.9. The Kier molecular flexibility index (Phi) is 4.43. The molecular formula is C16H12Br3NO. The molecule has 0 bridgehead atoms. The summed E-state index contributed by atoms with van der Waals surface area (Å²) in [4.78, 5) is 0. The van der Waals surface area contributed by atoms with E-state index in [1.807, 2.05) is 30.3 Å². The first-order valence-corrected chi connectivity index (χ1v) is 8.82. The van der Waals surface area contributed by atoms with Crippen molar-refractivity contribution >= 4 is 64.4 Å². The molecule has 1 N–H and O–H groups in total. The van der Waals surface area contributed by atoms with Gasteiger partial charge in [-0.1, -0.05) is 34.1 Å². The van der Waals surface area contributed by atoms with Gasteiger partial charge in [0.25, 0.3) is 0 Å². The average molecular weight is 474 g/mol. The Labute approximate surface area is 148 Å². The first-order chi connectivity index (χ1) is 10.0. The fourth-order valence-electron chi connectivity index (χ4n) is 2.18. The molecule has 108 valence electrons. The third-order valence-corrected chi connectivity index (χ3v) is 4.95. The zero-order valence-electron chi connectivity index (χ0n) is 11.2. The molecule has 0 radical (unpaired) electrons. The summed E-state index contributed by atoms with van der Waals surface area (Å²) in [6.45, 7) is 2.08. The Morgan fingerprint density at radius 2 is 1.67 bits per heavy atom. The minimum absolute atomic E-state index is 0.0613. The van der Waals surface area contributed by atoms with E-state index in [1.54, 1.807) is 0 Å². The molecule has 0 spiro atoms. The van der Waals surface area contributed by atoms with Crippen LogP contribution in [0.4, 0.5) is 5.69 Å². The van der Waals surface area contributed by atoms with Gasteiger partial charge in [0.2, 0.25) is 0 Å². The lowest BCUT2D eigenvalue weighted by Crippen LogP contribution is -2.06. The zero-order chi connectivity index (χ0) is 15.0. The van der Waals surface area contributed by atoms with Crippen molar-refractivity contribution in [3.63, 3.8) is 0 Å². The lowest BCUT2D eigenvalue weighted by molar-refractivity contribution is 0.526. The van der Waals surface area contributed by atoms with Crippen molar-refractivity contribution in [1.82, 2.24) is 0 Å². The van der Waals surface area contributed by atoms with Crippen LogP contribution in [-0.4, -0.2) is 0 Å². The number of fused-ring (bicyclic) bond motifs is 1. The molecule has 5 heteroatoms. The first kappa shape index (κ1) is 15.1. The van der Waals surface area contributed by atoms with E-state index in [0.29, 0.717) is 0 Å². The molecule has 2 aromatic carbocycles. The summed E-state index contributed by atoms with van der Waals surface area (Å²) in [7, 11) is 0. The van der Waals surface area contributed by atoms with Gasteiger partial charge >= 0.3 is 0 Å². The van der Waals surface area contributed by atoms with E-state index in [-0.39, 0.29) is 6.04 Å². The Morgan fingerprint density at radius 1 is 1.00 bits per heavy atom. The summed E-state index contributed by atoms with van der Waals surface area (Å²) < 4.78 is 8.90. The van der Waals surface area contributed by atoms with Crippen LogP contribution in [-0.2, 0) is 0 Å². The van der Waals surface area contributed by atoms with Crippen molar-refractivity contribution < 1.29 is 4.42 Å². The van der Waals surface area contributed by atoms with Gasteiger partial charge in [-0.25, -0.2) is 0 Å². The van der Waals surface area contributed by atoms with E-state index >= 15 is 0 Å². The molecule has 0 aliphatic rings. The summed E-state index contributed by atoms with van der Waals surface area (Å²) in [6.07, 6.45) is 0. The van der Waals surface area contributed by atoms with Gasteiger partial charge in [0, 0.05) is 18.8 Å². The predicted molar refractivity (Wildman–Crippen MR) is 97.8 cm³/mol. The van der Waals surface area contributed by atoms with Crippen LogP contribution in [0.25, 0.3) is 11.0 Å². The summed E-state index contributed by atoms with van der Waals surface area (Å²) in [6, 6.07) is 14.2. The molecule has 1 unspecified atom stereocenters. The number of benzene rings is 2. The quantitative estimate of drug-likeness (QED) is 0.448. The standard InChI is InChI=1S/C16H12Br3NO/c1-9(15-6-10-4-2-3-5-14(10)21-15)20-16-12(18)7-11(17)8-13(16)19/h2-9,20H,1H3. The number of hydrogen-bond donors (Lipinski definition) is 1. The summed E-state index contributed by atoms with van der Waals surface area (Å²) in [5.74, 6) is 0.915. The van der Waals surface area contributed by atoms with E-state index in [1.165, 1.54) is 0 Å². The number of para-hydroxylation sites is 1. The molecule has 1 aromatic heterocycles. The number of rotatable bonds is 3. The van der Waals surface area contributed by atoms with Gasteiger partial charge in [-0.15, -0.1) is 0 Å². The van der Waals surface area contributed by atoms with Gasteiger partial charge in [0.1, 0.15) is 11.3 Å². The monoisotopic (exact) mass is 471 g/mol. The number of anilines is 1. The van der Waals surface area contributed by atoms with E-state index in [4.69, 9.17) is 4.42 Å². The Morgan fingerprint density at radius 3 is 2.33 bits per heavy atom. The van der Waals surface area contributed by atoms with E-state index in [2.05, 4.69) is 72.2 Å². The second-order valence-electron chi connectivity index (χ2n) is 4.80. The molecule has 1 atom stereocenters. The lowest BCUT2D eigenvalue weighted by atomic mass is 10.2. The highest BCUT2D eigenvalue weighted by Gasteiger charge is 2.15. The second-order valence-corrected chi connectivity index (χ2v) is 7.42. The maximum Gasteiger partial charge on any atom is 0.134 e. The topological polar surface area (TPSA) is 25.2 Å². The molecule has 0 saturated carbocycles. The van der Waals surface area contributed by atoms with Gasteiger partial charge in [-0.2, -0.15) is 0 Å². The van der Waals surface area contributed by atoms with Crippen molar-refractivity contribution in [3.8, 4) is 0 Å². The fraction of sp³-hybridized carbons (Fsp3) is 0.125. The molecule has 1 heterocycles. The molecular weight excluding hydrogens is 462 g/mol. The predicted octanol–water partition coefficient (Wildman–Crippen LogP) is 6.89. The van der Waals surface area contributed by atoms with Crippen LogP contribution < -0.4 is 5.32 Å². The minimum Gasteiger partial charge on any atom is -0.459 e. The van der Waals surface area contributed by atoms with Crippen molar-refractivity contribution in [2.24, 2.45) is 0 Å².